The molecule has 1 aliphatic heterocycles. The van der Waals surface area contributed by atoms with E-state index in [0.29, 0.717) is 0 Å². The standard InChI is InChI=1S/C9H15BrO2/c10-9(4-2-1-3-5-9)8-11-6-7-12-8/h8H,1-7H2. The van der Waals surface area contributed by atoms with E-state index in [1.54, 1.807) is 0 Å². The molecular formula is C9H15BrO2. The Morgan fingerprint density at radius 1 is 1.00 bits per heavy atom. The van der Waals surface area contributed by atoms with E-state index in [-0.39, 0.29) is 10.6 Å². The van der Waals surface area contributed by atoms with Crippen LogP contribution in [-0.4, -0.2) is 23.8 Å². The normalized spacial score (nSPS) is 30.8. The van der Waals surface area contributed by atoms with Crippen molar-refractivity contribution in [2.45, 2.75) is 42.7 Å². The molecule has 0 aromatic carbocycles. The number of hydrogen-bond donors (Lipinski definition) is 0. The minimum absolute atomic E-state index is 0.0119. The molecule has 3 heteroatoms. The summed E-state index contributed by atoms with van der Waals surface area (Å²) < 4.78 is 11.2. The topological polar surface area (TPSA) is 18.5 Å². The van der Waals surface area contributed by atoms with Crippen molar-refractivity contribution in [2.75, 3.05) is 13.2 Å². The third-order valence-corrected chi connectivity index (χ3v) is 3.90. The van der Waals surface area contributed by atoms with Crippen LogP contribution in [0.3, 0.4) is 0 Å². The van der Waals surface area contributed by atoms with E-state index in [9.17, 15) is 0 Å². The molecule has 0 amide bonds. The van der Waals surface area contributed by atoms with E-state index in [1.165, 1.54) is 32.1 Å². The molecular weight excluding hydrogens is 220 g/mol. The van der Waals surface area contributed by atoms with Gasteiger partial charge in [-0.05, 0) is 12.8 Å². The average molecular weight is 235 g/mol. The summed E-state index contributed by atoms with van der Waals surface area (Å²) in [5.74, 6) is 0. The second-order valence-electron chi connectivity index (χ2n) is 3.67. The first-order valence-corrected chi connectivity index (χ1v) is 5.53. The number of halogens is 1. The van der Waals surface area contributed by atoms with Gasteiger partial charge in [0, 0.05) is 0 Å². The summed E-state index contributed by atoms with van der Waals surface area (Å²) in [6.45, 7) is 1.52. The third-order valence-electron chi connectivity index (χ3n) is 2.73. The SMILES string of the molecule is BrC1(C2OCCO2)CCCCC1. The van der Waals surface area contributed by atoms with Gasteiger partial charge in [0.1, 0.15) is 0 Å². The Morgan fingerprint density at radius 2 is 1.58 bits per heavy atom. The molecule has 12 heavy (non-hydrogen) atoms. The third kappa shape index (κ3) is 1.68. The van der Waals surface area contributed by atoms with Gasteiger partial charge < -0.3 is 9.47 Å². The van der Waals surface area contributed by atoms with E-state index in [2.05, 4.69) is 15.9 Å². The van der Waals surface area contributed by atoms with Crippen LogP contribution in [0.5, 0.6) is 0 Å². The molecule has 0 atom stereocenters. The fraction of sp³-hybridized carbons (Fsp3) is 1.00. The minimum Gasteiger partial charge on any atom is -0.349 e. The highest BCUT2D eigenvalue weighted by molar-refractivity contribution is 9.10. The Hall–Kier alpha value is 0.400. The smallest absolute Gasteiger partial charge is 0.172 e. The lowest BCUT2D eigenvalue weighted by atomic mass is 9.88. The van der Waals surface area contributed by atoms with Gasteiger partial charge >= 0.3 is 0 Å². The number of ether oxygens (including phenoxy) is 2. The van der Waals surface area contributed by atoms with E-state index >= 15 is 0 Å². The van der Waals surface area contributed by atoms with Crippen molar-refractivity contribution < 1.29 is 9.47 Å². The van der Waals surface area contributed by atoms with Gasteiger partial charge in [-0.2, -0.15) is 0 Å². The maximum absolute atomic E-state index is 5.53. The molecule has 0 N–H and O–H groups in total. The largest absolute Gasteiger partial charge is 0.349 e. The summed E-state index contributed by atoms with van der Waals surface area (Å²) in [4.78, 5) is 0. The van der Waals surface area contributed by atoms with Gasteiger partial charge in [-0.25, -0.2) is 0 Å². The van der Waals surface area contributed by atoms with Crippen LogP contribution in [0.4, 0.5) is 0 Å². The summed E-state index contributed by atoms with van der Waals surface area (Å²) in [5.41, 5.74) is 0. The molecule has 1 aliphatic carbocycles. The second-order valence-corrected chi connectivity index (χ2v) is 5.25. The molecule has 0 aromatic rings. The van der Waals surface area contributed by atoms with Crippen molar-refractivity contribution >= 4 is 15.9 Å². The summed E-state index contributed by atoms with van der Waals surface area (Å²) in [6, 6.07) is 0. The highest BCUT2D eigenvalue weighted by Crippen LogP contribution is 2.41. The number of hydrogen-bond acceptors (Lipinski definition) is 2. The highest BCUT2D eigenvalue weighted by Gasteiger charge is 2.40. The molecule has 1 saturated carbocycles. The number of alkyl halides is 1. The fourth-order valence-corrected chi connectivity index (χ4v) is 2.86. The van der Waals surface area contributed by atoms with E-state index in [4.69, 9.17) is 9.47 Å². The van der Waals surface area contributed by atoms with Crippen LogP contribution in [0.2, 0.25) is 0 Å². The predicted molar refractivity (Wildman–Crippen MR) is 50.4 cm³/mol. The zero-order chi connectivity index (χ0) is 8.44. The Bertz CT molecular complexity index is 149. The van der Waals surface area contributed by atoms with Crippen molar-refractivity contribution in [3.05, 3.63) is 0 Å². The van der Waals surface area contributed by atoms with Crippen LogP contribution in [0.15, 0.2) is 0 Å². The molecule has 1 saturated heterocycles. The van der Waals surface area contributed by atoms with Crippen LogP contribution in [0.25, 0.3) is 0 Å². The molecule has 70 valence electrons. The molecule has 0 unspecified atom stereocenters. The Morgan fingerprint density at radius 3 is 2.17 bits per heavy atom. The lowest BCUT2D eigenvalue weighted by molar-refractivity contribution is -0.0753. The van der Waals surface area contributed by atoms with Gasteiger partial charge in [0.25, 0.3) is 0 Å². The van der Waals surface area contributed by atoms with Gasteiger partial charge in [0.15, 0.2) is 6.29 Å². The van der Waals surface area contributed by atoms with Crippen molar-refractivity contribution in [3.63, 3.8) is 0 Å². The molecule has 2 fully saturated rings. The second kappa shape index (κ2) is 3.64. The first-order valence-electron chi connectivity index (χ1n) is 4.73. The van der Waals surface area contributed by atoms with Gasteiger partial charge in [0.2, 0.25) is 0 Å². The van der Waals surface area contributed by atoms with Crippen molar-refractivity contribution in [2.24, 2.45) is 0 Å². The minimum atomic E-state index is 0.0119. The Labute approximate surface area is 81.7 Å². The molecule has 0 radical (unpaired) electrons. The first kappa shape index (κ1) is 8.97. The Balaban J connectivity index is 1.97. The molecule has 0 bridgehead atoms. The molecule has 2 nitrogen and oxygen atoms in total. The van der Waals surface area contributed by atoms with Crippen LogP contribution in [0, 0.1) is 0 Å². The van der Waals surface area contributed by atoms with Crippen molar-refractivity contribution in [1.29, 1.82) is 0 Å². The number of rotatable bonds is 1. The summed E-state index contributed by atoms with van der Waals surface area (Å²) in [6.07, 6.45) is 6.36. The van der Waals surface area contributed by atoms with E-state index < -0.39 is 0 Å². The van der Waals surface area contributed by atoms with Gasteiger partial charge in [-0.15, -0.1) is 0 Å². The molecule has 0 spiro atoms. The summed E-state index contributed by atoms with van der Waals surface area (Å²) >= 11 is 3.77. The van der Waals surface area contributed by atoms with Crippen LogP contribution in [-0.2, 0) is 9.47 Å². The van der Waals surface area contributed by atoms with Crippen molar-refractivity contribution in [1.82, 2.24) is 0 Å². The highest BCUT2D eigenvalue weighted by atomic mass is 79.9. The zero-order valence-corrected chi connectivity index (χ0v) is 8.81. The summed E-state index contributed by atoms with van der Waals surface area (Å²) in [7, 11) is 0. The van der Waals surface area contributed by atoms with E-state index in [1.807, 2.05) is 0 Å². The molecule has 2 aliphatic rings. The zero-order valence-electron chi connectivity index (χ0n) is 7.22. The average Bonchev–Trinajstić information content (AvgIpc) is 2.58. The maximum Gasteiger partial charge on any atom is 0.172 e. The van der Waals surface area contributed by atoms with Crippen LogP contribution >= 0.6 is 15.9 Å². The lowest BCUT2D eigenvalue weighted by Crippen LogP contribution is -2.38. The summed E-state index contributed by atoms with van der Waals surface area (Å²) in [5, 5.41) is 0. The molecule has 1 heterocycles. The van der Waals surface area contributed by atoms with Gasteiger partial charge in [-0.1, -0.05) is 35.2 Å². The quantitative estimate of drug-likeness (QED) is 0.650. The first-order chi connectivity index (χ1) is 5.81. The van der Waals surface area contributed by atoms with E-state index in [0.717, 1.165) is 13.2 Å². The Kier molecular flexibility index (Phi) is 2.72. The molecule has 0 aromatic heterocycles. The van der Waals surface area contributed by atoms with Gasteiger partial charge in [0.05, 0.1) is 17.5 Å². The maximum atomic E-state index is 5.53. The monoisotopic (exact) mass is 234 g/mol. The van der Waals surface area contributed by atoms with Gasteiger partial charge in [-0.3, -0.25) is 0 Å². The van der Waals surface area contributed by atoms with Crippen molar-refractivity contribution in [3.8, 4) is 0 Å². The van der Waals surface area contributed by atoms with Crippen LogP contribution < -0.4 is 0 Å². The fourth-order valence-electron chi connectivity index (χ4n) is 2.03. The molecule has 2 rings (SSSR count). The predicted octanol–water partition coefficient (Wildman–Crippen LogP) is 2.46. The van der Waals surface area contributed by atoms with Crippen LogP contribution in [0.1, 0.15) is 32.1 Å². The lowest BCUT2D eigenvalue weighted by Gasteiger charge is -2.35.